The molecule has 0 radical (unpaired) electrons. The lowest BCUT2D eigenvalue weighted by Gasteiger charge is -2.31. The van der Waals surface area contributed by atoms with Crippen LogP contribution in [-0.2, 0) is 19.9 Å². The molecule has 0 N–H and O–H groups in total. The smallest absolute Gasteiger partial charge is 0.338 e. The Kier molecular flexibility index (Phi) is 4.43. The zero-order valence-electron chi connectivity index (χ0n) is 16.5. The van der Waals surface area contributed by atoms with E-state index < -0.39 is 17.6 Å². The van der Waals surface area contributed by atoms with E-state index in [0.717, 1.165) is 11.0 Å². The number of benzene rings is 1. The fraction of sp³-hybridized carbons (Fsp3) is 0.318. The minimum absolute atomic E-state index is 0.120. The second kappa shape index (κ2) is 6.91. The van der Waals surface area contributed by atoms with Crippen LogP contribution in [0.4, 0.5) is 0 Å². The highest BCUT2D eigenvalue weighted by atomic mass is 35.5. The number of carbonyl (C=O) groups excluding carboxylic acids is 1. The molecule has 1 aliphatic heterocycles. The Morgan fingerprint density at radius 2 is 2.07 bits per heavy atom. The lowest BCUT2D eigenvalue weighted by Crippen LogP contribution is -2.41. The van der Waals surface area contributed by atoms with Gasteiger partial charge < -0.3 is 18.8 Å². The van der Waals surface area contributed by atoms with Crippen molar-refractivity contribution in [3.05, 3.63) is 71.3 Å². The Bertz CT molecular complexity index is 1160. The van der Waals surface area contributed by atoms with Crippen LogP contribution in [-0.4, -0.2) is 39.0 Å². The highest BCUT2D eigenvalue weighted by Crippen LogP contribution is 2.50. The van der Waals surface area contributed by atoms with Gasteiger partial charge in [0, 0.05) is 12.6 Å². The molecule has 30 heavy (non-hydrogen) atoms. The number of aromatic nitrogens is 3. The summed E-state index contributed by atoms with van der Waals surface area (Å²) in [6, 6.07) is 10.8. The standard InChI is InChI=1S/C22H20ClN3O4/c1-21(2)29-17-15(12-28-20(27)14-6-4-3-5-7-14)8-10-22(17,30-21)26-11-9-16-18(23)24-13-25-19(16)26/h3-9,11,13,17H,10,12H2,1-2H3/t17-,22+/m1/s1. The molecular formula is C22H20ClN3O4. The first-order valence-corrected chi connectivity index (χ1v) is 10.0. The number of esters is 1. The Morgan fingerprint density at radius 3 is 2.87 bits per heavy atom. The second-order valence-corrected chi connectivity index (χ2v) is 8.22. The van der Waals surface area contributed by atoms with E-state index >= 15 is 0 Å². The molecule has 0 spiro atoms. The van der Waals surface area contributed by atoms with Crippen LogP contribution in [0.1, 0.15) is 30.6 Å². The lowest BCUT2D eigenvalue weighted by molar-refractivity contribution is -0.181. The highest BCUT2D eigenvalue weighted by Gasteiger charge is 2.58. The van der Waals surface area contributed by atoms with Crippen molar-refractivity contribution in [2.75, 3.05) is 6.61 Å². The van der Waals surface area contributed by atoms with Gasteiger partial charge in [-0.2, -0.15) is 0 Å². The molecule has 1 aromatic carbocycles. The van der Waals surface area contributed by atoms with E-state index in [2.05, 4.69) is 9.97 Å². The average molecular weight is 426 g/mol. The molecule has 2 aromatic heterocycles. The van der Waals surface area contributed by atoms with Gasteiger partial charge in [-0.05, 0) is 37.6 Å². The Balaban J connectivity index is 1.45. The van der Waals surface area contributed by atoms with Gasteiger partial charge in [0.2, 0.25) is 0 Å². The molecule has 0 unspecified atom stereocenters. The van der Waals surface area contributed by atoms with Gasteiger partial charge in [0.05, 0.1) is 10.9 Å². The highest BCUT2D eigenvalue weighted by molar-refractivity contribution is 6.33. The van der Waals surface area contributed by atoms with Gasteiger partial charge in [0.15, 0.2) is 11.5 Å². The van der Waals surface area contributed by atoms with Gasteiger partial charge >= 0.3 is 5.97 Å². The molecule has 2 atom stereocenters. The van der Waals surface area contributed by atoms with Crippen molar-refractivity contribution < 1.29 is 19.0 Å². The van der Waals surface area contributed by atoms with Crippen molar-refractivity contribution in [2.24, 2.45) is 0 Å². The first kappa shape index (κ1) is 19.2. The summed E-state index contributed by atoms with van der Waals surface area (Å²) in [5.41, 5.74) is 1.19. The average Bonchev–Trinajstić information content (AvgIpc) is 3.37. The van der Waals surface area contributed by atoms with Gasteiger partial charge in [0.25, 0.3) is 0 Å². The number of fused-ring (bicyclic) bond motifs is 2. The van der Waals surface area contributed by atoms with Crippen LogP contribution in [0.2, 0.25) is 5.15 Å². The molecule has 0 saturated carbocycles. The molecule has 154 valence electrons. The summed E-state index contributed by atoms with van der Waals surface area (Å²) < 4.78 is 20.2. The molecule has 7 nitrogen and oxygen atoms in total. The summed E-state index contributed by atoms with van der Waals surface area (Å²) in [7, 11) is 0. The fourth-order valence-electron chi connectivity index (χ4n) is 4.22. The normalized spacial score (nSPS) is 24.6. The second-order valence-electron chi connectivity index (χ2n) is 7.86. The maximum Gasteiger partial charge on any atom is 0.338 e. The summed E-state index contributed by atoms with van der Waals surface area (Å²) in [6.07, 6.45) is 5.44. The van der Waals surface area contributed by atoms with Gasteiger partial charge in [-0.3, -0.25) is 0 Å². The number of ether oxygens (including phenoxy) is 3. The van der Waals surface area contributed by atoms with Crippen molar-refractivity contribution in [1.82, 2.24) is 14.5 Å². The van der Waals surface area contributed by atoms with Crippen LogP contribution >= 0.6 is 11.6 Å². The van der Waals surface area contributed by atoms with E-state index in [9.17, 15) is 4.79 Å². The minimum atomic E-state index is -0.836. The summed E-state index contributed by atoms with van der Waals surface area (Å²) in [5.74, 6) is -1.20. The van der Waals surface area contributed by atoms with Crippen LogP contribution in [0, 0.1) is 0 Å². The first-order chi connectivity index (χ1) is 14.4. The van der Waals surface area contributed by atoms with Crippen molar-refractivity contribution in [3.8, 4) is 0 Å². The number of nitrogens with zero attached hydrogens (tertiary/aromatic N) is 3. The first-order valence-electron chi connectivity index (χ1n) is 9.67. The topological polar surface area (TPSA) is 75.5 Å². The fourth-order valence-corrected chi connectivity index (χ4v) is 4.41. The van der Waals surface area contributed by atoms with E-state index in [1.807, 2.05) is 42.8 Å². The van der Waals surface area contributed by atoms with Crippen LogP contribution in [0.15, 0.2) is 60.6 Å². The number of halogens is 1. The number of carbonyl (C=O) groups is 1. The number of rotatable bonds is 4. The van der Waals surface area contributed by atoms with Gasteiger partial charge in [-0.1, -0.05) is 35.9 Å². The minimum Gasteiger partial charge on any atom is -0.457 e. The molecule has 0 amide bonds. The maximum absolute atomic E-state index is 12.4. The van der Waals surface area contributed by atoms with Gasteiger partial charge in [-0.15, -0.1) is 0 Å². The molecule has 2 aliphatic rings. The molecule has 0 bridgehead atoms. The Labute approximate surface area is 178 Å². The van der Waals surface area contributed by atoms with E-state index in [0.29, 0.717) is 22.8 Å². The van der Waals surface area contributed by atoms with Crippen molar-refractivity contribution in [2.45, 2.75) is 37.9 Å². The Morgan fingerprint density at radius 1 is 1.27 bits per heavy atom. The molecule has 3 heterocycles. The third kappa shape index (κ3) is 3.01. The van der Waals surface area contributed by atoms with E-state index in [-0.39, 0.29) is 12.6 Å². The van der Waals surface area contributed by atoms with E-state index in [1.54, 1.807) is 24.3 Å². The number of hydrogen-bond donors (Lipinski definition) is 0. The molecule has 1 saturated heterocycles. The molecule has 1 aliphatic carbocycles. The summed E-state index contributed by atoms with van der Waals surface area (Å²) >= 11 is 6.24. The van der Waals surface area contributed by atoms with Crippen LogP contribution in [0.25, 0.3) is 11.0 Å². The third-order valence-corrected chi connectivity index (χ3v) is 5.75. The number of hydrogen-bond acceptors (Lipinski definition) is 6. The van der Waals surface area contributed by atoms with Gasteiger partial charge in [0.1, 0.15) is 29.8 Å². The van der Waals surface area contributed by atoms with Crippen molar-refractivity contribution in [3.63, 3.8) is 0 Å². The lowest BCUT2D eigenvalue weighted by atomic mass is 10.1. The molecule has 1 fully saturated rings. The molecular weight excluding hydrogens is 406 g/mol. The zero-order chi connectivity index (χ0) is 20.9. The summed E-state index contributed by atoms with van der Waals surface area (Å²) in [6.45, 7) is 3.86. The largest absolute Gasteiger partial charge is 0.457 e. The van der Waals surface area contributed by atoms with Crippen LogP contribution in [0.5, 0.6) is 0 Å². The van der Waals surface area contributed by atoms with E-state index in [4.69, 9.17) is 25.8 Å². The molecule has 8 heteroatoms. The predicted octanol–water partition coefficient (Wildman–Crippen LogP) is 4.08. The molecule has 5 rings (SSSR count). The Hall–Kier alpha value is -2.74. The SMILES string of the molecule is CC1(C)O[C@@H]2C(COC(=O)c3ccccc3)=CC[C@]2(n2ccc3c(Cl)ncnc32)O1. The van der Waals surface area contributed by atoms with Crippen LogP contribution in [0.3, 0.4) is 0 Å². The maximum atomic E-state index is 12.4. The van der Waals surface area contributed by atoms with Crippen molar-refractivity contribution >= 4 is 28.6 Å². The molecule has 3 aromatic rings. The van der Waals surface area contributed by atoms with Gasteiger partial charge in [-0.25, -0.2) is 14.8 Å². The summed E-state index contributed by atoms with van der Waals surface area (Å²) in [5, 5.41) is 1.12. The monoisotopic (exact) mass is 425 g/mol. The quantitative estimate of drug-likeness (QED) is 0.356. The summed E-state index contributed by atoms with van der Waals surface area (Å²) in [4.78, 5) is 20.8. The predicted molar refractivity (Wildman–Crippen MR) is 110 cm³/mol. The zero-order valence-corrected chi connectivity index (χ0v) is 17.3. The van der Waals surface area contributed by atoms with E-state index in [1.165, 1.54) is 6.33 Å². The third-order valence-electron chi connectivity index (χ3n) is 5.45. The van der Waals surface area contributed by atoms with Crippen LogP contribution < -0.4 is 0 Å². The van der Waals surface area contributed by atoms with Crippen molar-refractivity contribution in [1.29, 1.82) is 0 Å².